The molecule has 3 aliphatic rings. The second-order valence-corrected chi connectivity index (χ2v) is 7.09. The molecule has 0 unspecified atom stereocenters. The molecule has 8 nitrogen and oxygen atoms in total. The van der Waals surface area contributed by atoms with Crippen molar-refractivity contribution in [3.8, 4) is 0 Å². The van der Waals surface area contributed by atoms with Crippen LogP contribution in [0.25, 0.3) is 0 Å². The highest BCUT2D eigenvalue weighted by Gasteiger charge is 2.36. The lowest BCUT2D eigenvalue weighted by molar-refractivity contribution is -0.124. The molecule has 0 spiro atoms. The lowest BCUT2D eigenvalue weighted by Crippen LogP contribution is -2.43. The number of carbonyl (C=O) groups is 3. The third kappa shape index (κ3) is 3.75. The van der Waals surface area contributed by atoms with E-state index in [1.165, 1.54) is 0 Å². The van der Waals surface area contributed by atoms with Crippen LogP contribution >= 0.6 is 0 Å². The van der Waals surface area contributed by atoms with Crippen molar-refractivity contribution in [3.05, 3.63) is 23.8 Å². The minimum absolute atomic E-state index is 0.0426. The van der Waals surface area contributed by atoms with Crippen LogP contribution in [0.2, 0.25) is 0 Å². The van der Waals surface area contributed by atoms with Gasteiger partial charge in [-0.2, -0.15) is 0 Å². The first-order valence-corrected chi connectivity index (χ1v) is 9.39. The van der Waals surface area contributed by atoms with Gasteiger partial charge in [0.2, 0.25) is 5.91 Å². The van der Waals surface area contributed by atoms with Crippen molar-refractivity contribution < 1.29 is 23.9 Å². The molecule has 144 valence electrons. The summed E-state index contributed by atoms with van der Waals surface area (Å²) < 4.78 is 10.5. The van der Waals surface area contributed by atoms with E-state index in [9.17, 15) is 14.4 Å². The van der Waals surface area contributed by atoms with E-state index in [-0.39, 0.29) is 30.6 Å². The number of hydrogen-bond acceptors (Lipinski definition) is 6. The van der Waals surface area contributed by atoms with Gasteiger partial charge in [0.15, 0.2) is 6.61 Å². The number of hydrogen-bond donors (Lipinski definition) is 2. The fraction of sp³-hybridized carbons (Fsp3) is 0.526. The van der Waals surface area contributed by atoms with Gasteiger partial charge < -0.3 is 25.0 Å². The van der Waals surface area contributed by atoms with Gasteiger partial charge in [-0.15, -0.1) is 0 Å². The van der Waals surface area contributed by atoms with Crippen molar-refractivity contribution in [3.63, 3.8) is 0 Å². The number of fused-ring (bicyclic) bond motifs is 3. The van der Waals surface area contributed by atoms with Crippen molar-refractivity contribution in [2.45, 2.75) is 37.8 Å². The lowest BCUT2D eigenvalue weighted by atomic mass is 10.1. The Morgan fingerprint density at radius 3 is 3.00 bits per heavy atom. The van der Waals surface area contributed by atoms with Crippen molar-refractivity contribution >= 4 is 29.2 Å². The Morgan fingerprint density at radius 2 is 2.19 bits per heavy atom. The smallest absolute Gasteiger partial charge is 0.338 e. The maximum atomic E-state index is 12.3. The maximum absolute atomic E-state index is 12.3. The summed E-state index contributed by atoms with van der Waals surface area (Å²) in [6.07, 6.45) is 3.79. The minimum Gasteiger partial charge on any atom is -0.452 e. The van der Waals surface area contributed by atoms with E-state index in [1.54, 1.807) is 12.1 Å². The molecule has 2 saturated heterocycles. The van der Waals surface area contributed by atoms with Gasteiger partial charge in [0, 0.05) is 19.7 Å². The van der Waals surface area contributed by atoms with Gasteiger partial charge in [-0.3, -0.25) is 9.59 Å². The van der Waals surface area contributed by atoms with Crippen molar-refractivity contribution in [1.29, 1.82) is 0 Å². The van der Waals surface area contributed by atoms with E-state index < -0.39 is 5.97 Å². The average molecular weight is 373 g/mol. The monoisotopic (exact) mass is 373 g/mol. The van der Waals surface area contributed by atoms with Crippen LogP contribution in [0, 0.1) is 0 Å². The first kappa shape index (κ1) is 17.8. The van der Waals surface area contributed by atoms with E-state index in [4.69, 9.17) is 9.47 Å². The number of ether oxygens (including phenoxy) is 2. The van der Waals surface area contributed by atoms with Crippen LogP contribution in [-0.2, 0) is 19.1 Å². The predicted molar refractivity (Wildman–Crippen MR) is 97.7 cm³/mol. The molecule has 2 N–H and O–H groups in total. The van der Waals surface area contributed by atoms with Crippen molar-refractivity contribution in [1.82, 2.24) is 5.32 Å². The van der Waals surface area contributed by atoms with E-state index in [1.807, 2.05) is 6.07 Å². The maximum Gasteiger partial charge on any atom is 0.338 e. The Kier molecular flexibility index (Phi) is 4.98. The van der Waals surface area contributed by atoms with Crippen molar-refractivity contribution in [2.24, 2.45) is 0 Å². The number of benzene rings is 1. The minimum atomic E-state index is -0.595. The summed E-state index contributed by atoms with van der Waals surface area (Å²) in [4.78, 5) is 38.3. The molecule has 1 aromatic carbocycles. The number of esters is 1. The van der Waals surface area contributed by atoms with Gasteiger partial charge in [0.05, 0.1) is 23.0 Å². The number of rotatable bonds is 5. The molecule has 0 saturated carbocycles. The summed E-state index contributed by atoms with van der Waals surface area (Å²) in [7, 11) is 0. The van der Waals surface area contributed by atoms with Gasteiger partial charge in [-0.1, -0.05) is 0 Å². The third-order valence-electron chi connectivity index (χ3n) is 5.24. The van der Waals surface area contributed by atoms with Crippen LogP contribution < -0.4 is 15.5 Å². The zero-order chi connectivity index (χ0) is 18.8. The Labute approximate surface area is 157 Å². The number of carbonyl (C=O) groups excluding carboxylic acids is 3. The standard InChI is InChI=1S/C19H23N3O5/c23-17(20-10-13-3-2-8-26-13)11-27-19(25)12-5-6-15-14(9-12)21-18(24)16-4-1-7-22(15)16/h5-6,9,13,16H,1-4,7-8,10-11H2,(H,20,23)(H,21,24)/t13-,16-/m0/s1. The average Bonchev–Trinajstić information content (AvgIpc) is 3.36. The fourth-order valence-electron chi connectivity index (χ4n) is 3.86. The molecule has 0 bridgehead atoms. The molecule has 0 aromatic heterocycles. The lowest BCUT2D eigenvalue weighted by Gasteiger charge is -2.33. The Hall–Kier alpha value is -2.61. The predicted octanol–water partition coefficient (Wildman–Crippen LogP) is 1.06. The van der Waals surface area contributed by atoms with Gasteiger partial charge in [-0.25, -0.2) is 4.79 Å². The highest BCUT2D eigenvalue weighted by Crippen LogP contribution is 2.37. The second-order valence-electron chi connectivity index (χ2n) is 7.09. The zero-order valence-electron chi connectivity index (χ0n) is 15.0. The number of nitrogens with one attached hydrogen (secondary N) is 2. The molecular formula is C19H23N3O5. The largest absolute Gasteiger partial charge is 0.452 e. The number of amides is 2. The van der Waals surface area contributed by atoms with Crippen LogP contribution in [0.3, 0.4) is 0 Å². The molecule has 1 aromatic rings. The van der Waals surface area contributed by atoms with Crippen LogP contribution in [0.5, 0.6) is 0 Å². The van der Waals surface area contributed by atoms with Crippen LogP contribution in [0.15, 0.2) is 18.2 Å². The summed E-state index contributed by atoms with van der Waals surface area (Å²) in [6.45, 7) is 1.64. The summed E-state index contributed by atoms with van der Waals surface area (Å²) in [6, 6.07) is 4.97. The molecule has 3 aliphatic heterocycles. The molecule has 4 rings (SSSR count). The van der Waals surface area contributed by atoms with E-state index in [0.29, 0.717) is 17.8 Å². The molecule has 27 heavy (non-hydrogen) atoms. The van der Waals surface area contributed by atoms with Crippen LogP contribution in [0.1, 0.15) is 36.0 Å². The van der Waals surface area contributed by atoms with Gasteiger partial charge in [0.1, 0.15) is 6.04 Å². The van der Waals surface area contributed by atoms with Gasteiger partial charge in [-0.05, 0) is 43.9 Å². The molecule has 0 radical (unpaired) electrons. The van der Waals surface area contributed by atoms with E-state index in [2.05, 4.69) is 15.5 Å². The van der Waals surface area contributed by atoms with Gasteiger partial charge >= 0.3 is 5.97 Å². The fourth-order valence-corrected chi connectivity index (χ4v) is 3.86. The third-order valence-corrected chi connectivity index (χ3v) is 5.24. The van der Waals surface area contributed by atoms with Crippen molar-refractivity contribution in [2.75, 3.05) is 36.5 Å². The topological polar surface area (TPSA) is 97.0 Å². The molecule has 8 heteroatoms. The highest BCUT2D eigenvalue weighted by molar-refractivity contribution is 6.05. The Balaban J connectivity index is 1.33. The molecule has 3 heterocycles. The Bertz CT molecular complexity index is 760. The summed E-state index contributed by atoms with van der Waals surface area (Å²) in [5.74, 6) is -0.994. The van der Waals surface area contributed by atoms with Crippen LogP contribution in [0.4, 0.5) is 11.4 Å². The van der Waals surface area contributed by atoms with E-state index >= 15 is 0 Å². The number of nitrogens with zero attached hydrogens (tertiary/aromatic N) is 1. The molecule has 2 atom stereocenters. The highest BCUT2D eigenvalue weighted by atomic mass is 16.5. The normalized spacial score (nSPS) is 23.4. The molecule has 2 amide bonds. The molecular weight excluding hydrogens is 350 g/mol. The van der Waals surface area contributed by atoms with Gasteiger partial charge in [0.25, 0.3) is 5.91 Å². The zero-order valence-corrected chi connectivity index (χ0v) is 15.0. The molecule has 2 fully saturated rings. The summed E-state index contributed by atoms with van der Waals surface area (Å²) in [5.41, 5.74) is 1.83. The second kappa shape index (κ2) is 7.56. The number of anilines is 2. The Morgan fingerprint density at radius 1 is 1.30 bits per heavy atom. The SMILES string of the molecule is O=C(COC(=O)c1ccc2c(c1)NC(=O)[C@@H]1CCCN21)NC[C@@H]1CCCO1. The summed E-state index contributed by atoms with van der Waals surface area (Å²) in [5, 5.41) is 5.57. The van der Waals surface area contributed by atoms with E-state index in [0.717, 1.165) is 44.5 Å². The first-order valence-electron chi connectivity index (χ1n) is 9.39. The summed E-state index contributed by atoms with van der Waals surface area (Å²) >= 11 is 0. The molecule has 0 aliphatic carbocycles. The first-order chi connectivity index (χ1) is 13.1. The quantitative estimate of drug-likeness (QED) is 0.749. The van der Waals surface area contributed by atoms with Crippen LogP contribution in [-0.4, -0.2) is 56.2 Å².